The van der Waals surface area contributed by atoms with Gasteiger partial charge in [-0.15, -0.1) is 0 Å². The highest BCUT2D eigenvalue weighted by Crippen LogP contribution is 2.32. The quantitative estimate of drug-likeness (QED) is 0.705. The Morgan fingerprint density at radius 1 is 1.27 bits per heavy atom. The maximum absolute atomic E-state index is 12.1. The number of hydrogen-bond acceptors (Lipinski definition) is 2. The monoisotopic (exact) mass is 233 g/mol. The molecular weight excluding hydrogens is 210 g/mol. The minimum atomic E-state index is -3.07. The maximum Gasteiger partial charge on any atom is 0.216 e. The van der Waals surface area contributed by atoms with Gasteiger partial charge in [0.1, 0.15) is 0 Å². The first-order chi connectivity index (χ1) is 6.89. The van der Waals surface area contributed by atoms with Crippen molar-refractivity contribution in [3.05, 3.63) is 0 Å². The number of sulfonamides is 1. The third kappa shape index (κ3) is 3.18. The molecule has 0 aromatic heterocycles. The third-order valence-corrected chi connectivity index (χ3v) is 5.49. The van der Waals surface area contributed by atoms with Crippen molar-refractivity contribution >= 4 is 10.0 Å². The van der Waals surface area contributed by atoms with E-state index in [2.05, 4.69) is 0 Å². The van der Waals surface area contributed by atoms with Gasteiger partial charge >= 0.3 is 0 Å². The lowest BCUT2D eigenvalue weighted by Gasteiger charge is -2.29. The Balaban J connectivity index is 2.78. The highest BCUT2D eigenvalue weighted by atomic mass is 32.2. The topological polar surface area (TPSA) is 37.4 Å². The lowest BCUT2D eigenvalue weighted by Crippen LogP contribution is -2.43. The van der Waals surface area contributed by atoms with E-state index in [1.807, 2.05) is 13.8 Å². The highest BCUT2D eigenvalue weighted by molar-refractivity contribution is 7.89. The van der Waals surface area contributed by atoms with Crippen LogP contribution in [0.2, 0.25) is 0 Å². The Kier molecular flexibility index (Phi) is 4.18. The Morgan fingerprint density at radius 2 is 1.80 bits per heavy atom. The predicted octanol–water partition coefficient (Wildman–Crippen LogP) is 2.24. The molecule has 4 heteroatoms. The SMILES string of the molecule is CC[C@H](C)N(CC1CC1)S(=O)(=O)C(C)C. The fourth-order valence-corrected chi connectivity index (χ4v) is 3.17. The molecular formula is C11H23NO2S. The molecule has 0 aromatic rings. The average Bonchev–Trinajstić information content (AvgIpc) is 2.96. The molecule has 1 atom stereocenters. The molecule has 1 fully saturated rings. The van der Waals surface area contributed by atoms with E-state index in [-0.39, 0.29) is 11.3 Å². The van der Waals surface area contributed by atoms with Crippen LogP contribution in [-0.2, 0) is 10.0 Å². The van der Waals surface area contributed by atoms with Gasteiger partial charge < -0.3 is 0 Å². The van der Waals surface area contributed by atoms with E-state index in [4.69, 9.17) is 0 Å². The minimum Gasteiger partial charge on any atom is -0.212 e. The van der Waals surface area contributed by atoms with Gasteiger partial charge in [0.2, 0.25) is 10.0 Å². The van der Waals surface area contributed by atoms with E-state index in [1.54, 1.807) is 18.2 Å². The van der Waals surface area contributed by atoms with Crippen LogP contribution in [0.5, 0.6) is 0 Å². The van der Waals surface area contributed by atoms with Crippen molar-refractivity contribution in [1.82, 2.24) is 4.31 Å². The van der Waals surface area contributed by atoms with Crippen LogP contribution in [0.1, 0.15) is 47.0 Å². The van der Waals surface area contributed by atoms with Crippen LogP contribution >= 0.6 is 0 Å². The van der Waals surface area contributed by atoms with Crippen LogP contribution in [0, 0.1) is 5.92 Å². The third-order valence-electron chi connectivity index (χ3n) is 3.14. The van der Waals surface area contributed by atoms with Gasteiger partial charge in [0, 0.05) is 12.6 Å². The van der Waals surface area contributed by atoms with Gasteiger partial charge in [-0.2, -0.15) is 4.31 Å². The molecule has 0 aromatic carbocycles. The lowest BCUT2D eigenvalue weighted by atomic mass is 10.2. The fraction of sp³-hybridized carbons (Fsp3) is 1.00. The van der Waals surface area contributed by atoms with Crippen LogP contribution in [0.4, 0.5) is 0 Å². The van der Waals surface area contributed by atoms with Gasteiger partial charge in [0.05, 0.1) is 5.25 Å². The van der Waals surface area contributed by atoms with Crippen molar-refractivity contribution in [2.24, 2.45) is 5.92 Å². The summed E-state index contributed by atoms with van der Waals surface area (Å²) in [6.45, 7) is 8.30. The van der Waals surface area contributed by atoms with Gasteiger partial charge in [-0.05, 0) is 46.0 Å². The first-order valence-electron chi connectivity index (χ1n) is 5.90. The van der Waals surface area contributed by atoms with Crippen LogP contribution in [-0.4, -0.2) is 30.6 Å². The molecule has 0 bridgehead atoms. The van der Waals surface area contributed by atoms with E-state index in [1.165, 1.54) is 12.8 Å². The van der Waals surface area contributed by atoms with Crippen LogP contribution in [0.3, 0.4) is 0 Å². The second-order valence-corrected chi connectivity index (χ2v) is 7.31. The number of nitrogens with zero attached hydrogens (tertiary/aromatic N) is 1. The summed E-state index contributed by atoms with van der Waals surface area (Å²) in [5, 5.41) is -0.301. The molecule has 15 heavy (non-hydrogen) atoms. The average molecular weight is 233 g/mol. The van der Waals surface area contributed by atoms with Crippen molar-refractivity contribution in [3.8, 4) is 0 Å². The van der Waals surface area contributed by atoms with Gasteiger partial charge in [-0.1, -0.05) is 6.92 Å². The molecule has 0 saturated heterocycles. The van der Waals surface area contributed by atoms with Crippen molar-refractivity contribution in [1.29, 1.82) is 0 Å². The Hall–Kier alpha value is -0.0900. The predicted molar refractivity (Wildman–Crippen MR) is 63.2 cm³/mol. The summed E-state index contributed by atoms with van der Waals surface area (Å²) in [5.41, 5.74) is 0. The smallest absolute Gasteiger partial charge is 0.212 e. The molecule has 0 unspecified atom stereocenters. The first-order valence-corrected chi connectivity index (χ1v) is 7.40. The molecule has 0 spiro atoms. The van der Waals surface area contributed by atoms with Crippen molar-refractivity contribution in [2.45, 2.75) is 58.2 Å². The molecule has 3 nitrogen and oxygen atoms in total. The molecule has 0 N–H and O–H groups in total. The normalized spacial score (nSPS) is 19.9. The van der Waals surface area contributed by atoms with E-state index in [0.717, 1.165) is 13.0 Å². The van der Waals surface area contributed by atoms with E-state index < -0.39 is 10.0 Å². The maximum atomic E-state index is 12.1. The molecule has 1 saturated carbocycles. The zero-order valence-electron chi connectivity index (χ0n) is 10.2. The standard InChI is InChI=1S/C11H23NO2S/c1-5-10(4)12(8-11-6-7-11)15(13,14)9(2)3/h9-11H,5-8H2,1-4H3/t10-/m0/s1. The first kappa shape index (κ1) is 13.0. The molecule has 0 aliphatic heterocycles. The summed E-state index contributed by atoms with van der Waals surface area (Å²) in [6, 6.07) is 0.137. The molecule has 0 heterocycles. The summed E-state index contributed by atoms with van der Waals surface area (Å²) < 4.78 is 26.0. The molecule has 1 aliphatic carbocycles. The van der Waals surface area contributed by atoms with Crippen molar-refractivity contribution in [3.63, 3.8) is 0 Å². The highest BCUT2D eigenvalue weighted by Gasteiger charge is 2.34. The van der Waals surface area contributed by atoms with Gasteiger partial charge in [0.25, 0.3) is 0 Å². The fourth-order valence-electron chi connectivity index (χ4n) is 1.56. The second-order valence-electron chi connectivity index (χ2n) is 4.86. The summed E-state index contributed by atoms with van der Waals surface area (Å²) in [6.07, 6.45) is 3.28. The molecule has 0 amide bonds. The van der Waals surface area contributed by atoms with Gasteiger partial charge in [-0.3, -0.25) is 0 Å². The zero-order valence-corrected chi connectivity index (χ0v) is 11.0. The Morgan fingerprint density at radius 3 is 2.13 bits per heavy atom. The van der Waals surface area contributed by atoms with Crippen LogP contribution in [0.25, 0.3) is 0 Å². The minimum absolute atomic E-state index is 0.137. The Bertz CT molecular complexity index is 294. The summed E-state index contributed by atoms with van der Waals surface area (Å²) in [5.74, 6) is 0.618. The summed E-state index contributed by atoms with van der Waals surface area (Å²) >= 11 is 0. The van der Waals surface area contributed by atoms with Crippen molar-refractivity contribution in [2.75, 3.05) is 6.54 Å². The van der Waals surface area contributed by atoms with E-state index in [0.29, 0.717) is 5.92 Å². The number of hydrogen-bond donors (Lipinski definition) is 0. The zero-order chi connectivity index (χ0) is 11.6. The van der Waals surface area contributed by atoms with Crippen molar-refractivity contribution < 1.29 is 8.42 Å². The number of rotatable bonds is 6. The van der Waals surface area contributed by atoms with Crippen LogP contribution < -0.4 is 0 Å². The molecule has 90 valence electrons. The second kappa shape index (κ2) is 4.83. The summed E-state index contributed by atoms with van der Waals surface area (Å²) in [4.78, 5) is 0. The summed E-state index contributed by atoms with van der Waals surface area (Å²) in [7, 11) is -3.07. The van der Waals surface area contributed by atoms with E-state index in [9.17, 15) is 8.42 Å². The molecule has 1 aliphatic rings. The lowest BCUT2D eigenvalue weighted by molar-refractivity contribution is 0.315. The van der Waals surface area contributed by atoms with Crippen LogP contribution in [0.15, 0.2) is 0 Å². The molecule has 0 radical (unpaired) electrons. The largest absolute Gasteiger partial charge is 0.216 e. The Labute approximate surface area is 93.9 Å². The molecule has 1 rings (SSSR count). The van der Waals surface area contributed by atoms with Gasteiger partial charge in [-0.25, -0.2) is 8.42 Å². The van der Waals surface area contributed by atoms with E-state index >= 15 is 0 Å². The van der Waals surface area contributed by atoms with Gasteiger partial charge in [0.15, 0.2) is 0 Å².